The van der Waals surface area contributed by atoms with Crippen LogP contribution in [0.1, 0.15) is 10.4 Å². The summed E-state index contributed by atoms with van der Waals surface area (Å²) >= 11 is 0. The van der Waals surface area contributed by atoms with E-state index in [2.05, 4.69) is 20.8 Å². The molecule has 1 N–H and O–H groups in total. The molecule has 0 spiro atoms. The van der Waals surface area contributed by atoms with Crippen molar-refractivity contribution < 1.29 is 9.53 Å². The number of amides is 1. The van der Waals surface area contributed by atoms with Gasteiger partial charge in [-0.25, -0.2) is 4.68 Å². The number of para-hydroxylation sites is 2. The van der Waals surface area contributed by atoms with Crippen LogP contribution in [0.25, 0.3) is 5.69 Å². The number of hydrogen-bond acceptors (Lipinski definition) is 5. The van der Waals surface area contributed by atoms with Gasteiger partial charge < -0.3 is 10.1 Å². The Kier molecular flexibility index (Phi) is 4.57. The second-order valence-corrected chi connectivity index (χ2v) is 5.67. The topological polar surface area (TPSA) is 81.9 Å². The van der Waals surface area contributed by atoms with Gasteiger partial charge in [0.25, 0.3) is 5.91 Å². The van der Waals surface area contributed by atoms with Crippen LogP contribution in [0.15, 0.2) is 85.2 Å². The van der Waals surface area contributed by atoms with E-state index in [1.165, 1.54) is 11.0 Å². The van der Waals surface area contributed by atoms with Gasteiger partial charge in [-0.2, -0.15) is 0 Å². The Balaban J connectivity index is 1.52. The van der Waals surface area contributed by atoms with Crippen LogP contribution in [-0.4, -0.2) is 26.1 Å². The van der Waals surface area contributed by atoms with E-state index in [-0.39, 0.29) is 5.91 Å². The summed E-state index contributed by atoms with van der Waals surface area (Å²) in [6, 6.07) is 23.7. The molecular formula is C20H15N5O2. The van der Waals surface area contributed by atoms with Gasteiger partial charge >= 0.3 is 0 Å². The van der Waals surface area contributed by atoms with Gasteiger partial charge in [-0.05, 0) is 59.0 Å². The van der Waals surface area contributed by atoms with Gasteiger partial charge in [-0.15, -0.1) is 5.10 Å². The van der Waals surface area contributed by atoms with Crippen LogP contribution in [0.3, 0.4) is 0 Å². The lowest BCUT2D eigenvalue weighted by atomic mass is 10.1. The molecule has 27 heavy (non-hydrogen) atoms. The van der Waals surface area contributed by atoms with Crippen LogP contribution in [0.5, 0.6) is 11.5 Å². The SMILES string of the molecule is O=C(Nc1ccc(-n2cnnn2)cc1)c1ccccc1Oc1ccccc1. The molecule has 0 fully saturated rings. The van der Waals surface area contributed by atoms with E-state index in [0.29, 0.717) is 22.7 Å². The zero-order chi connectivity index (χ0) is 18.5. The number of anilines is 1. The molecule has 7 heteroatoms. The van der Waals surface area contributed by atoms with Crippen LogP contribution < -0.4 is 10.1 Å². The summed E-state index contributed by atoms with van der Waals surface area (Å²) in [6.45, 7) is 0. The molecule has 0 aliphatic carbocycles. The highest BCUT2D eigenvalue weighted by Crippen LogP contribution is 2.26. The third-order valence-corrected chi connectivity index (χ3v) is 3.84. The number of carbonyl (C=O) groups excluding carboxylic acids is 1. The first kappa shape index (κ1) is 16.5. The predicted molar refractivity (Wildman–Crippen MR) is 100 cm³/mol. The predicted octanol–water partition coefficient (Wildman–Crippen LogP) is 3.71. The molecule has 3 aromatic carbocycles. The molecular weight excluding hydrogens is 342 g/mol. The van der Waals surface area contributed by atoms with Gasteiger partial charge in [0, 0.05) is 5.69 Å². The van der Waals surface area contributed by atoms with Gasteiger partial charge in [0.05, 0.1) is 11.3 Å². The lowest BCUT2D eigenvalue weighted by Crippen LogP contribution is -2.13. The van der Waals surface area contributed by atoms with E-state index in [9.17, 15) is 4.79 Å². The molecule has 4 rings (SSSR count). The normalized spacial score (nSPS) is 10.4. The minimum absolute atomic E-state index is 0.253. The van der Waals surface area contributed by atoms with Crippen LogP contribution in [0, 0.1) is 0 Å². The quantitative estimate of drug-likeness (QED) is 0.589. The fourth-order valence-corrected chi connectivity index (χ4v) is 2.53. The summed E-state index contributed by atoms with van der Waals surface area (Å²) in [5.41, 5.74) is 1.91. The van der Waals surface area contributed by atoms with E-state index < -0.39 is 0 Å². The highest BCUT2D eigenvalue weighted by Gasteiger charge is 2.13. The van der Waals surface area contributed by atoms with Crippen molar-refractivity contribution in [3.05, 3.63) is 90.8 Å². The first-order valence-electron chi connectivity index (χ1n) is 8.26. The maximum Gasteiger partial charge on any atom is 0.259 e. The smallest absolute Gasteiger partial charge is 0.259 e. The van der Waals surface area contributed by atoms with Crippen molar-refractivity contribution in [3.8, 4) is 17.2 Å². The number of hydrogen-bond donors (Lipinski definition) is 1. The minimum Gasteiger partial charge on any atom is -0.457 e. The molecule has 132 valence electrons. The Morgan fingerprint density at radius 3 is 2.37 bits per heavy atom. The molecule has 0 saturated heterocycles. The minimum atomic E-state index is -0.253. The van der Waals surface area contributed by atoms with E-state index in [0.717, 1.165) is 5.69 Å². The molecule has 7 nitrogen and oxygen atoms in total. The molecule has 0 aliphatic heterocycles. The van der Waals surface area contributed by atoms with Crippen molar-refractivity contribution in [2.75, 3.05) is 5.32 Å². The molecule has 0 bridgehead atoms. The van der Waals surface area contributed by atoms with Crippen molar-refractivity contribution in [3.63, 3.8) is 0 Å². The molecule has 1 amide bonds. The highest BCUT2D eigenvalue weighted by atomic mass is 16.5. The van der Waals surface area contributed by atoms with E-state index in [1.54, 1.807) is 30.3 Å². The number of benzene rings is 3. The Bertz CT molecular complexity index is 1030. The third-order valence-electron chi connectivity index (χ3n) is 3.84. The van der Waals surface area contributed by atoms with Crippen molar-refractivity contribution in [2.24, 2.45) is 0 Å². The summed E-state index contributed by atoms with van der Waals surface area (Å²) < 4.78 is 7.39. The molecule has 4 aromatic rings. The van der Waals surface area contributed by atoms with Gasteiger partial charge in [-0.1, -0.05) is 30.3 Å². The van der Waals surface area contributed by atoms with E-state index in [4.69, 9.17) is 4.74 Å². The lowest BCUT2D eigenvalue weighted by molar-refractivity contribution is 0.102. The zero-order valence-corrected chi connectivity index (χ0v) is 14.2. The largest absolute Gasteiger partial charge is 0.457 e. The fourth-order valence-electron chi connectivity index (χ4n) is 2.53. The Hall–Kier alpha value is -4.00. The van der Waals surface area contributed by atoms with Crippen LogP contribution in [0.2, 0.25) is 0 Å². The summed E-state index contributed by atoms with van der Waals surface area (Å²) in [6.07, 6.45) is 1.50. The number of aromatic nitrogens is 4. The summed E-state index contributed by atoms with van der Waals surface area (Å²) in [5, 5.41) is 13.9. The standard InChI is InChI=1S/C20H15N5O2/c26-20(22-15-10-12-16(13-11-15)25-14-21-23-24-25)18-8-4-5-9-19(18)27-17-6-2-1-3-7-17/h1-14H,(H,22,26). The second kappa shape index (κ2) is 7.49. The van der Waals surface area contributed by atoms with Crippen LogP contribution in [0.4, 0.5) is 5.69 Å². The van der Waals surface area contributed by atoms with Gasteiger partial charge in [0.15, 0.2) is 0 Å². The van der Waals surface area contributed by atoms with Crippen molar-refractivity contribution in [2.45, 2.75) is 0 Å². The fraction of sp³-hybridized carbons (Fsp3) is 0. The summed E-state index contributed by atoms with van der Waals surface area (Å²) in [4.78, 5) is 12.7. The molecule has 0 unspecified atom stereocenters. The first-order chi connectivity index (χ1) is 13.3. The van der Waals surface area contributed by atoms with E-state index in [1.807, 2.05) is 48.5 Å². The number of carbonyl (C=O) groups is 1. The molecule has 1 aromatic heterocycles. The van der Waals surface area contributed by atoms with Crippen molar-refractivity contribution in [1.29, 1.82) is 0 Å². The highest BCUT2D eigenvalue weighted by molar-refractivity contribution is 6.06. The maximum absolute atomic E-state index is 12.7. The van der Waals surface area contributed by atoms with Crippen LogP contribution >= 0.6 is 0 Å². The molecule has 0 atom stereocenters. The van der Waals surface area contributed by atoms with Crippen molar-refractivity contribution >= 4 is 11.6 Å². The van der Waals surface area contributed by atoms with Crippen LogP contribution in [-0.2, 0) is 0 Å². The number of nitrogens with one attached hydrogen (secondary N) is 1. The average molecular weight is 357 g/mol. The average Bonchev–Trinajstić information content (AvgIpc) is 3.25. The number of ether oxygens (including phenoxy) is 1. The molecule has 0 aliphatic rings. The Morgan fingerprint density at radius 2 is 1.63 bits per heavy atom. The zero-order valence-electron chi connectivity index (χ0n) is 14.2. The van der Waals surface area contributed by atoms with Crippen molar-refractivity contribution in [1.82, 2.24) is 20.2 Å². The van der Waals surface area contributed by atoms with Gasteiger partial charge in [0.1, 0.15) is 17.8 Å². The van der Waals surface area contributed by atoms with Gasteiger partial charge in [-0.3, -0.25) is 4.79 Å². The monoisotopic (exact) mass is 357 g/mol. The Labute approximate surface area is 155 Å². The second-order valence-electron chi connectivity index (χ2n) is 5.67. The molecule has 1 heterocycles. The summed E-state index contributed by atoms with van der Waals surface area (Å²) in [5.74, 6) is 0.909. The Morgan fingerprint density at radius 1 is 0.889 bits per heavy atom. The van der Waals surface area contributed by atoms with E-state index >= 15 is 0 Å². The molecule has 0 radical (unpaired) electrons. The number of rotatable bonds is 5. The van der Waals surface area contributed by atoms with Gasteiger partial charge in [0.2, 0.25) is 0 Å². The third kappa shape index (κ3) is 3.82. The molecule has 0 saturated carbocycles. The summed E-state index contributed by atoms with van der Waals surface area (Å²) in [7, 11) is 0. The lowest BCUT2D eigenvalue weighted by Gasteiger charge is -2.11. The first-order valence-corrected chi connectivity index (χ1v) is 8.26. The number of nitrogens with zero attached hydrogens (tertiary/aromatic N) is 4. The number of tetrazole rings is 1. The maximum atomic E-state index is 12.7.